The summed E-state index contributed by atoms with van der Waals surface area (Å²) in [4.78, 5) is 12.4. The largest absolute Gasteiger partial charge is 0.351 e. The van der Waals surface area contributed by atoms with Crippen molar-refractivity contribution in [3.05, 3.63) is 60.2 Å². The summed E-state index contributed by atoms with van der Waals surface area (Å²) in [6.07, 6.45) is 1.36. The van der Waals surface area contributed by atoms with Crippen molar-refractivity contribution in [1.82, 2.24) is 5.32 Å². The molecule has 0 unspecified atom stereocenters. The summed E-state index contributed by atoms with van der Waals surface area (Å²) in [6, 6.07) is 18.5. The average Bonchev–Trinajstić information content (AvgIpc) is 2.45. The zero-order valence-electron chi connectivity index (χ0n) is 15.5. The molecule has 24 heavy (non-hydrogen) atoms. The van der Waals surface area contributed by atoms with Crippen molar-refractivity contribution in [1.29, 1.82) is 0 Å². The lowest BCUT2D eigenvalue weighted by Gasteiger charge is -2.33. The SMILES string of the molecule is CC(C)(C)CC(C)(C)NC(=O)Cc1ccc(-c2ccccc2)cc1. The summed E-state index contributed by atoms with van der Waals surface area (Å²) in [7, 11) is 0. The standard InChI is InChI=1S/C22H29NO/c1-21(2,3)16-22(4,5)23-20(24)15-17-11-13-19(14-12-17)18-9-7-6-8-10-18/h6-14H,15-16H2,1-5H3,(H,23,24). The fraction of sp³-hybridized carbons (Fsp3) is 0.409. The van der Waals surface area contributed by atoms with E-state index in [9.17, 15) is 4.79 Å². The monoisotopic (exact) mass is 323 g/mol. The fourth-order valence-electron chi connectivity index (χ4n) is 3.42. The lowest BCUT2D eigenvalue weighted by molar-refractivity contribution is -0.122. The maximum absolute atomic E-state index is 12.4. The van der Waals surface area contributed by atoms with E-state index in [1.807, 2.05) is 30.3 Å². The number of carbonyl (C=O) groups excluding carboxylic acids is 1. The molecule has 0 aromatic heterocycles. The summed E-state index contributed by atoms with van der Waals surface area (Å²) < 4.78 is 0. The first-order valence-corrected chi connectivity index (χ1v) is 8.60. The lowest BCUT2D eigenvalue weighted by atomic mass is 9.81. The van der Waals surface area contributed by atoms with Gasteiger partial charge in [0.1, 0.15) is 0 Å². The summed E-state index contributed by atoms with van der Waals surface area (Å²) in [5.41, 5.74) is 3.40. The van der Waals surface area contributed by atoms with E-state index in [2.05, 4.69) is 64.2 Å². The second kappa shape index (κ2) is 7.21. The molecule has 2 aromatic rings. The molecule has 0 aliphatic heterocycles. The Morgan fingerprint density at radius 2 is 1.38 bits per heavy atom. The Morgan fingerprint density at radius 1 is 0.833 bits per heavy atom. The zero-order chi connectivity index (χ0) is 17.8. The minimum absolute atomic E-state index is 0.0803. The van der Waals surface area contributed by atoms with Crippen LogP contribution in [0.1, 0.15) is 46.6 Å². The van der Waals surface area contributed by atoms with Crippen LogP contribution in [0.25, 0.3) is 11.1 Å². The number of amides is 1. The topological polar surface area (TPSA) is 29.1 Å². The normalized spacial score (nSPS) is 12.0. The molecular weight excluding hydrogens is 294 g/mol. The molecule has 0 aliphatic rings. The van der Waals surface area contributed by atoms with E-state index in [1.165, 1.54) is 11.1 Å². The molecule has 0 fully saturated rings. The quantitative estimate of drug-likeness (QED) is 0.802. The van der Waals surface area contributed by atoms with Gasteiger partial charge in [0.25, 0.3) is 0 Å². The van der Waals surface area contributed by atoms with Crippen LogP contribution >= 0.6 is 0 Å². The van der Waals surface area contributed by atoms with Gasteiger partial charge in [-0.3, -0.25) is 4.79 Å². The van der Waals surface area contributed by atoms with Crippen LogP contribution < -0.4 is 5.32 Å². The molecule has 0 radical (unpaired) electrons. The van der Waals surface area contributed by atoms with Crippen LogP contribution in [0.5, 0.6) is 0 Å². The van der Waals surface area contributed by atoms with Crippen molar-refractivity contribution < 1.29 is 4.79 Å². The molecule has 2 rings (SSSR count). The van der Waals surface area contributed by atoms with Crippen molar-refractivity contribution in [2.45, 2.75) is 53.0 Å². The van der Waals surface area contributed by atoms with Gasteiger partial charge in [0.05, 0.1) is 6.42 Å². The van der Waals surface area contributed by atoms with E-state index >= 15 is 0 Å². The number of carbonyl (C=O) groups is 1. The molecule has 0 spiro atoms. The second-order valence-corrected chi connectivity index (χ2v) is 8.41. The number of benzene rings is 2. The highest BCUT2D eigenvalue weighted by atomic mass is 16.1. The van der Waals surface area contributed by atoms with E-state index in [0.717, 1.165) is 12.0 Å². The molecule has 128 valence electrons. The summed E-state index contributed by atoms with van der Waals surface area (Å²) in [5, 5.41) is 3.17. The number of hydrogen-bond acceptors (Lipinski definition) is 1. The van der Waals surface area contributed by atoms with Crippen LogP contribution in [0.3, 0.4) is 0 Å². The van der Waals surface area contributed by atoms with E-state index in [0.29, 0.717) is 6.42 Å². The maximum Gasteiger partial charge on any atom is 0.224 e. The first-order chi connectivity index (χ1) is 11.1. The van der Waals surface area contributed by atoms with Crippen molar-refractivity contribution in [3.63, 3.8) is 0 Å². The summed E-state index contributed by atoms with van der Waals surface area (Å²) >= 11 is 0. The average molecular weight is 323 g/mol. The van der Waals surface area contributed by atoms with E-state index in [4.69, 9.17) is 0 Å². The van der Waals surface area contributed by atoms with Crippen molar-refractivity contribution in [2.75, 3.05) is 0 Å². The number of hydrogen-bond donors (Lipinski definition) is 1. The van der Waals surface area contributed by atoms with Gasteiger partial charge in [0.2, 0.25) is 5.91 Å². The van der Waals surface area contributed by atoms with Gasteiger partial charge in [-0.25, -0.2) is 0 Å². The maximum atomic E-state index is 12.4. The van der Waals surface area contributed by atoms with Crippen LogP contribution in [0.2, 0.25) is 0 Å². The van der Waals surface area contributed by atoms with Crippen molar-refractivity contribution in [3.8, 4) is 11.1 Å². The molecule has 0 saturated carbocycles. The van der Waals surface area contributed by atoms with Crippen molar-refractivity contribution >= 4 is 5.91 Å². The molecule has 1 amide bonds. The van der Waals surface area contributed by atoms with Crippen LogP contribution in [0.4, 0.5) is 0 Å². The zero-order valence-corrected chi connectivity index (χ0v) is 15.5. The molecule has 2 heteroatoms. The highest BCUT2D eigenvalue weighted by Gasteiger charge is 2.26. The van der Waals surface area contributed by atoms with E-state index < -0.39 is 0 Å². The Balaban J connectivity index is 1.97. The van der Waals surface area contributed by atoms with Crippen molar-refractivity contribution in [2.24, 2.45) is 5.41 Å². The summed E-state index contributed by atoms with van der Waals surface area (Å²) in [6.45, 7) is 10.8. The van der Waals surface area contributed by atoms with Crippen LogP contribution in [0.15, 0.2) is 54.6 Å². The molecule has 2 nitrogen and oxygen atoms in total. The molecule has 0 bridgehead atoms. The van der Waals surface area contributed by atoms with Gasteiger partial charge in [-0.05, 0) is 42.4 Å². The first-order valence-electron chi connectivity index (χ1n) is 8.60. The predicted octanol–water partition coefficient (Wildman–Crippen LogP) is 5.23. The minimum atomic E-state index is -0.195. The number of rotatable bonds is 5. The van der Waals surface area contributed by atoms with Gasteiger partial charge >= 0.3 is 0 Å². The third-order valence-electron chi connectivity index (χ3n) is 3.88. The molecular formula is C22H29NO. The molecule has 0 heterocycles. The van der Waals surface area contributed by atoms with E-state index in [-0.39, 0.29) is 16.9 Å². The minimum Gasteiger partial charge on any atom is -0.351 e. The summed E-state index contributed by atoms with van der Waals surface area (Å²) in [5.74, 6) is 0.0803. The van der Waals surface area contributed by atoms with Crippen LogP contribution in [0, 0.1) is 5.41 Å². The predicted molar refractivity (Wildman–Crippen MR) is 102 cm³/mol. The molecule has 0 saturated heterocycles. The van der Waals surface area contributed by atoms with Gasteiger partial charge < -0.3 is 5.32 Å². The van der Waals surface area contributed by atoms with Crippen LogP contribution in [-0.2, 0) is 11.2 Å². The first kappa shape index (κ1) is 18.3. The highest BCUT2D eigenvalue weighted by Crippen LogP contribution is 2.27. The lowest BCUT2D eigenvalue weighted by Crippen LogP contribution is -2.46. The van der Waals surface area contributed by atoms with Gasteiger partial charge in [0, 0.05) is 5.54 Å². The smallest absolute Gasteiger partial charge is 0.224 e. The highest BCUT2D eigenvalue weighted by molar-refractivity contribution is 5.79. The van der Waals surface area contributed by atoms with Gasteiger partial charge in [-0.1, -0.05) is 75.4 Å². The molecule has 1 N–H and O–H groups in total. The Bertz CT molecular complexity index is 663. The Hall–Kier alpha value is -2.09. The fourth-order valence-corrected chi connectivity index (χ4v) is 3.42. The van der Waals surface area contributed by atoms with Crippen LogP contribution in [-0.4, -0.2) is 11.4 Å². The Labute approximate surface area is 146 Å². The van der Waals surface area contributed by atoms with Gasteiger partial charge in [0.15, 0.2) is 0 Å². The third-order valence-corrected chi connectivity index (χ3v) is 3.88. The molecule has 0 atom stereocenters. The Kier molecular flexibility index (Phi) is 5.48. The molecule has 0 aliphatic carbocycles. The Morgan fingerprint density at radius 3 is 1.92 bits per heavy atom. The second-order valence-electron chi connectivity index (χ2n) is 8.41. The number of nitrogens with one attached hydrogen (secondary N) is 1. The van der Waals surface area contributed by atoms with E-state index in [1.54, 1.807) is 0 Å². The third kappa shape index (κ3) is 5.84. The van der Waals surface area contributed by atoms with Gasteiger partial charge in [-0.2, -0.15) is 0 Å². The van der Waals surface area contributed by atoms with Gasteiger partial charge in [-0.15, -0.1) is 0 Å². The molecule has 2 aromatic carbocycles.